The molecular weight excluding hydrogens is 334 g/mol. The van der Waals surface area contributed by atoms with Crippen LogP contribution < -0.4 is 0 Å². The van der Waals surface area contributed by atoms with Crippen molar-refractivity contribution in [1.82, 2.24) is 9.55 Å². The first kappa shape index (κ1) is 15.9. The Labute approximate surface area is 141 Å². The van der Waals surface area contributed by atoms with Crippen molar-refractivity contribution in [2.75, 3.05) is 0 Å². The summed E-state index contributed by atoms with van der Waals surface area (Å²) >= 11 is 5.76. The predicted molar refractivity (Wildman–Crippen MR) is 88.2 cm³/mol. The van der Waals surface area contributed by atoms with E-state index in [9.17, 15) is 14.9 Å². The third kappa shape index (κ3) is 3.07. The van der Waals surface area contributed by atoms with Gasteiger partial charge in [0.05, 0.1) is 21.5 Å². The van der Waals surface area contributed by atoms with Gasteiger partial charge in [-0.05, 0) is 36.8 Å². The largest absolute Gasteiger partial charge is 0.444 e. The lowest BCUT2D eigenvalue weighted by Gasteiger charge is -2.07. The predicted octanol–water partition coefficient (Wildman–Crippen LogP) is 4.09. The van der Waals surface area contributed by atoms with Gasteiger partial charge in [0.1, 0.15) is 12.9 Å². The van der Waals surface area contributed by atoms with Gasteiger partial charge in [-0.2, -0.15) is 0 Å². The van der Waals surface area contributed by atoms with Crippen LogP contribution in [-0.2, 0) is 11.3 Å². The van der Waals surface area contributed by atoms with E-state index in [1.165, 1.54) is 29.1 Å². The molecule has 0 aliphatic rings. The van der Waals surface area contributed by atoms with E-state index in [4.69, 9.17) is 16.3 Å². The lowest BCUT2D eigenvalue weighted by Crippen LogP contribution is -2.13. The highest BCUT2D eigenvalue weighted by Crippen LogP contribution is 2.24. The summed E-state index contributed by atoms with van der Waals surface area (Å²) in [6.45, 7) is 1.69. The summed E-state index contributed by atoms with van der Waals surface area (Å²) in [4.78, 5) is 26.9. The second kappa shape index (κ2) is 6.29. The molecule has 24 heavy (non-hydrogen) atoms. The van der Waals surface area contributed by atoms with Crippen LogP contribution in [0, 0.1) is 17.0 Å². The van der Waals surface area contributed by atoms with Crippen LogP contribution >= 0.6 is 11.6 Å². The third-order valence-corrected chi connectivity index (χ3v) is 3.73. The normalized spacial score (nSPS) is 10.8. The lowest BCUT2D eigenvalue weighted by atomic mass is 10.2. The van der Waals surface area contributed by atoms with Crippen LogP contribution in [0.15, 0.2) is 42.7 Å². The standard InChI is InChI=1S/C16H12ClN3O4/c1-10-2-5-14-13(6-10)18-9-19(14)16(21)24-8-11-3-4-12(17)7-15(11)20(22)23/h2-7,9H,8H2,1H3. The molecule has 0 bridgehead atoms. The number of imidazole rings is 1. The van der Waals surface area contributed by atoms with E-state index in [-0.39, 0.29) is 22.9 Å². The Morgan fingerprint density at radius 2 is 2.12 bits per heavy atom. The Morgan fingerprint density at radius 1 is 1.33 bits per heavy atom. The average Bonchev–Trinajstić information content (AvgIpc) is 2.96. The van der Waals surface area contributed by atoms with Crippen molar-refractivity contribution in [2.24, 2.45) is 0 Å². The van der Waals surface area contributed by atoms with Crippen molar-refractivity contribution >= 4 is 34.4 Å². The highest BCUT2D eigenvalue weighted by atomic mass is 35.5. The summed E-state index contributed by atoms with van der Waals surface area (Å²) in [5.74, 6) is 0. The molecule has 0 N–H and O–H groups in total. The van der Waals surface area contributed by atoms with Crippen LogP contribution in [-0.4, -0.2) is 20.6 Å². The molecule has 0 aliphatic carbocycles. The molecule has 8 heteroatoms. The Bertz CT molecular complexity index is 952. The summed E-state index contributed by atoms with van der Waals surface area (Å²) in [6, 6.07) is 9.67. The number of rotatable bonds is 3. The first-order chi connectivity index (χ1) is 11.5. The molecule has 0 aliphatic heterocycles. The first-order valence-corrected chi connectivity index (χ1v) is 7.37. The molecule has 3 rings (SSSR count). The minimum absolute atomic E-state index is 0.193. The van der Waals surface area contributed by atoms with E-state index in [1.807, 2.05) is 19.1 Å². The van der Waals surface area contributed by atoms with E-state index in [0.29, 0.717) is 11.0 Å². The number of carbonyl (C=O) groups is 1. The van der Waals surface area contributed by atoms with Crippen LogP contribution in [0.5, 0.6) is 0 Å². The molecule has 0 saturated carbocycles. The smallest absolute Gasteiger partial charge is 0.420 e. The van der Waals surface area contributed by atoms with Crippen LogP contribution in [0.4, 0.5) is 10.5 Å². The van der Waals surface area contributed by atoms with E-state index in [1.54, 1.807) is 6.07 Å². The topological polar surface area (TPSA) is 87.3 Å². The van der Waals surface area contributed by atoms with E-state index in [2.05, 4.69) is 4.98 Å². The Hall–Kier alpha value is -2.93. The number of aryl methyl sites for hydroxylation is 1. The van der Waals surface area contributed by atoms with Crippen molar-refractivity contribution in [2.45, 2.75) is 13.5 Å². The minimum atomic E-state index is -0.661. The molecule has 0 amide bonds. The first-order valence-electron chi connectivity index (χ1n) is 6.99. The minimum Gasteiger partial charge on any atom is -0.444 e. The summed E-state index contributed by atoms with van der Waals surface area (Å²) in [5.41, 5.74) is 2.37. The average molecular weight is 346 g/mol. The maximum Gasteiger partial charge on any atom is 0.420 e. The number of carbonyl (C=O) groups excluding carboxylic acids is 1. The molecule has 0 fully saturated rings. The highest BCUT2D eigenvalue weighted by molar-refractivity contribution is 6.30. The second-order valence-corrected chi connectivity index (χ2v) is 5.63. The molecule has 1 aromatic heterocycles. The van der Waals surface area contributed by atoms with Gasteiger partial charge in [-0.1, -0.05) is 17.7 Å². The second-order valence-electron chi connectivity index (χ2n) is 5.19. The fraction of sp³-hybridized carbons (Fsp3) is 0.125. The quantitative estimate of drug-likeness (QED) is 0.527. The van der Waals surface area contributed by atoms with E-state index >= 15 is 0 Å². The van der Waals surface area contributed by atoms with E-state index in [0.717, 1.165) is 5.56 Å². The molecule has 0 unspecified atom stereocenters. The fourth-order valence-electron chi connectivity index (χ4n) is 2.31. The molecule has 2 aromatic carbocycles. The number of nitro groups is 1. The third-order valence-electron chi connectivity index (χ3n) is 3.49. The Morgan fingerprint density at radius 3 is 2.88 bits per heavy atom. The molecule has 0 spiro atoms. The maximum atomic E-state index is 12.2. The molecular formula is C16H12ClN3O4. The number of nitro benzene ring substituents is 1. The van der Waals surface area contributed by atoms with Crippen molar-refractivity contribution < 1.29 is 14.5 Å². The van der Waals surface area contributed by atoms with Gasteiger partial charge in [0, 0.05) is 11.1 Å². The number of ether oxygens (including phenoxy) is 1. The van der Waals surface area contributed by atoms with Gasteiger partial charge < -0.3 is 4.74 Å². The number of halogens is 1. The molecule has 122 valence electrons. The van der Waals surface area contributed by atoms with Gasteiger partial charge >= 0.3 is 6.09 Å². The van der Waals surface area contributed by atoms with Gasteiger partial charge in [-0.3, -0.25) is 10.1 Å². The van der Waals surface area contributed by atoms with Crippen molar-refractivity contribution in [3.63, 3.8) is 0 Å². The molecule has 7 nitrogen and oxygen atoms in total. The molecule has 0 atom stereocenters. The summed E-state index contributed by atoms with van der Waals surface area (Å²) in [5, 5.41) is 11.3. The van der Waals surface area contributed by atoms with Gasteiger partial charge in [-0.15, -0.1) is 0 Å². The molecule has 0 radical (unpaired) electrons. The van der Waals surface area contributed by atoms with Gasteiger partial charge in [0.2, 0.25) is 0 Å². The zero-order chi connectivity index (χ0) is 17.3. The van der Waals surface area contributed by atoms with Crippen LogP contribution in [0.1, 0.15) is 11.1 Å². The van der Waals surface area contributed by atoms with Crippen molar-refractivity contribution in [1.29, 1.82) is 0 Å². The van der Waals surface area contributed by atoms with Gasteiger partial charge in [0.15, 0.2) is 0 Å². The SMILES string of the molecule is Cc1ccc2c(c1)ncn2C(=O)OCc1ccc(Cl)cc1[N+](=O)[O-]. The van der Waals surface area contributed by atoms with Crippen LogP contribution in [0.2, 0.25) is 5.02 Å². The number of nitrogens with zero attached hydrogens (tertiary/aromatic N) is 3. The zero-order valence-corrected chi connectivity index (χ0v) is 13.4. The maximum absolute atomic E-state index is 12.2. The molecule has 3 aromatic rings. The Balaban J connectivity index is 1.82. The highest BCUT2D eigenvalue weighted by Gasteiger charge is 2.17. The number of aromatic nitrogens is 2. The van der Waals surface area contributed by atoms with Crippen LogP contribution in [0.25, 0.3) is 11.0 Å². The molecule has 1 heterocycles. The van der Waals surface area contributed by atoms with Crippen LogP contribution in [0.3, 0.4) is 0 Å². The zero-order valence-electron chi connectivity index (χ0n) is 12.6. The van der Waals surface area contributed by atoms with Crippen molar-refractivity contribution in [3.05, 3.63) is 69.0 Å². The molecule has 0 saturated heterocycles. The van der Waals surface area contributed by atoms with Gasteiger partial charge in [0.25, 0.3) is 5.69 Å². The monoisotopic (exact) mass is 345 g/mol. The Kier molecular flexibility index (Phi) is 4.18. The lowest BCUT2D eigenvalue weighted by molar-refractivity contribution is -0.385. The summed E-state index contributed by atoms with van der Waals surface area (Å²) in [7, 11) is 0. The van der Waals surface area contributed by atoms with E-state index < -0.39 is 11.0 Å². The van der Waals surface area contributed by atoms with Gasteiger partial charge in [-0.25, -0.2) is 14.3 Å². The number of hydrogen-bond donors (Lipinski definition) is 0. The number of benzene rings is 2. The summed E-state index contributed by atoms with van der Waals surface area (Å²) in [6.07, 6.45) is 0.702. The number of hydrogen-bond acceptors (Lipinski definition) is 5. The van der Waals surface area contributed by atoms with Crippen molar-refractivity contribution in [3.8, 4) is 0 Å². The fourth-order valence-corrected chi connectivity index (χ4v) is 2.47. The number of fused-ring (bicyclic) bond motifs is 1. The summed E-state index contributed by atoms with van der Waals surface area (Å²) < 4.78 is 6.44.